The van der Waals surface area contributed by atoms with Gasteiger partial charge in [0.1, 0.15) is 0 Å². The number of carbonyl (C=O) groups excluding carboxylic acids is 1. The van der Waals surface area contributed by atoms with Gasteiger partial charge in [0, 0.05) is 24.7 Å². The summed E-state index contributed by atoms with van der Waals surface area (Å²) in [5.41, 5.74) is 1.91. The third-order valence-electron chi connectivity index (χ3n) is 3.83. The van der Waals surface area contributed by atoms with Gasteiger partial charge in [-0.25, -0.2) is 0 Å². The number of nitrogens with one attached hydrogen (secondary N) is 2. The molecule has 0 heterocycles. The number of amides is 1. The lowest BCUT2D eigenvalue weighted by atomic mass is 10.0. The maximum absolute atomic E-state index is 12.2. The first-order chi connectivity index (χ1) is 9.72. The molecule has 0 aromatic heterocycles. The largest absolute Gasteiger partial charge is 0.351 e. The molecule has 1 fully saturated rings. The topological polar surface area (TPSA) is 44.4 Å². The monoisotopic (exact) mass is 275 g/mol. The molecule has 1 aromatic carbocycles. The second kappa shape index (κ2) is 7.41. The smallest absolute Gasteiger partial charge is 0.251 e. The van der Waals surface area contributed by atoms with Gasteiger partial charge in [-0.05, 0) is 51.5 Å². The van der Waals surface area contributed by atoms with E-state index in [2.05, 4.69) is 22.6 Å². The average Bonchev–Trinajstić information content (AvgIpc) is 3.29. The van der Waals surface area contributed by atoms with Gasteiger partial charge < -0.3 is 15.5 Å². The van der Waals surface area contributed by atoms with Crippen molar-refractivity contribution in [1.29, 1.82) is 0 Å². The summed E-state index contributed by atoms with van der Waals surface area (Å²) < 4.78 is 0. The van der Waals surface area contributed by atoms with Crippen molar-refractivity contribution in [3.05, 3.63) is 35.4 Å². The van der Waals surface area contributed by atoms with E-state index in [-0.39, 0.29) is 5.91 Å². The Kier molecular flexibility index (Phi) is 5.56. The molecule has 0 spiro atoms. The molecule has 0 atom stereocenters. The lowest BCUT2D eigenvalue weighted by Gasteiger charge is -2.16. The molecule has 0 radical (unpaired) electrons. The second-order valence-electron chi connectivity index (χ2n) is 5.48. The van der Waals surface area contributed by atoms with Crippen LogP contribution in [0.3, 0.4) is 0 Å². The van der Waals surface area contributed by atoms with Crippen molar-refractivity contribution in [3.63, 3.8) is 0 Å². The van der Waals surface area contributed by atoms with Gasteiger partial charge in [-0.3, -0.25) is 4.79 Å². The molecule has 0 aliphatic heterocycles. The van der Waals surface area contributed by atoms with Crippen molar-refractivity contribution in [2.75, 3.05) is 33.7 Å². The highest BCUT2D eigenvalue weighted by Gasteiger charge is 2.25. The molecule has 110 valence electrons. The predicted molar refractivity (Wildman–Crippen MR) is 82.1 cm³/mol. The Hall–Kier alpha value is -1.39. The summed E-state index contributed by atoms with van der Waals surface area (Å²) in [5, 5.41) is 6.15. The first kappa shape index (κ1) is 15.0. The Balaban J connectivity index is 1.84. The molecule has 1 saturated carbocycles. The quantitative estimate of drug-likeness (QED) is 0.751. The first-order valence-electron chi connectivity index (χ1n) is 7.43. The van der Waals surface area contributed by atoms with Gasteiger partial charge in [0.2, 0.25) is 0 Å². The van der Waals surface area contributed by atoms with E-state index in [0.717, 1.165) is 36.7 Å². The Morgan fingerprint density at radius 2 is 2.05 bits per heavy atom. The Morgan fingerprint density at radius 1 is 1.30 bits per heavy atom. The van der Waals surface area contributed by atoms with Gasteiger partial charge in [-0.2, -0.15) is 0 Å². The molecule has 0 bridgehead atoms. The Bertz CT molecular complexity index is 443. The number of hydrogen-bond acceptors (Lipinski definition) is 3. The van der Waals surface area contributed by atoms with Gasteiger partial charge in [0.15, 0.2) is 0 Å². The molecule has 1 amide bonds. The molecule has 1 aromatic rings. The van der Waals surface area contributed by atoms with Crippen LogP contribution in [0.15, 0.2) is 24.3 Å². The number of rotatable bonds is 8. The van der Waals surface area contributed by atoms with Crippen molar-refractivity contribution in [2.24, 2.45) is 0 Å². The molecule has 20 heavy (non-hydrogen) atoms. The van der Waals surface area contributed by atoms with Crippen LogP contribution in [0.2, 0.25) is 0 Å². The minimum absolute atomic E-state index is 0.0425. The number of nitrogens with zero attached hydrogens (tertiary/aromatic N) is 1. The van der Waals surface area contributed by atoms with E-state index in [1.165, 1.54) is 12.8 Å². The maximum atomic E-state index is 12.2. The summed E-state index contributed by atoms with van der Waals surface area (Å²) >= 11 is 0. The van der Waals surface area contributed by atoms with E-state index < -0.39 is 0 Å². The number of hydrogen-bond donors (Lipinski definition) is 2. The molecular weight excluding hydrogens is 250 g/mol. The highest BCUT2D eigenvalue weighted by atomic mass is 16.1. The second-order valence-corrected chi connectivity index (χ2v) is 5.48. The van der Waals surface area contributed by atoms with Gasteiger partial charge in [-0.15, -0.1) is 0 Å². The van der Waals surface area contributed by atoms with Gasteiger partial charge in [0.05, 0.1) is 0 Å². The van der Waals surface area contributed by atoms with Crippen LogP contribution < -0.4 is 10.6 Å². The van der Waals surface area contributed by atoms with E-state index in [1.807, 2.05) is 31.3 Å². The van der Waals surface area contributed by atoms with E-state index in [1.54, 1.807) is 0 Å². The van der Waals surface area contributed by atoms with Crippen LogP contribution in [-0.2, 0) is 6.42 Å². The normalized spacial score (nSPS) is 14.6. The van der Waals surface area contributed by atoms with Crippen LogP contribution in [0.25, 0.3) is 0 Å². The summed E-state index contributed by atoms with van der Waals surface area (Å²) in [6.07, 6.45) is 3.48. The Labute approximate surface area is 121 Å². The standard InChI is InChI=1S/C16H25N3O/c1-17-10-9-13-5-3-4-6-15(13)16(20)18-11-12-19(2)14-7-8-14/h3-6,14,17H,7-12H2,1-2H3,(H,18,20). The maximum Gasteiger partial charge on any atom is 0.251 e. The fourth-order valence-electron chi connectivity index (χ4n) is 2.36. The molecule has 4 nitrogen and oxygen atoms in total. The summed E-state index contributed by atoms with van der Waals surface area (Å²) in [5.74, 6) is 0.0425. The highest BCUT2D eigenvalue weighted by molar-refractivity contribution is 5.95. The van der Waals surface area contributed by atoms with E-state index in [0.29, 0.717) is 6.54 Å². The third kappa shape index (κ3) is 4.32. The molecule has 1 aliphatic rings. The van der Waals surface area contributed by atoms with Gasteiger partial charge in [-0.1, -0.05) is 18.2 Å². The van der Waals surface area contributed by atoms with Crippen molar-refractivity contribution < 1.29 is 4.79 Å². The zero-order valence-corrected chi connectivity index (χ0v) is 12.5. The summed E-state index contributed by atoms with van der Waals surface area (Å²) in [6, 6.07) is 8.60. The molecular formula is C16H25N3O. The highest BCUT2D eigenvalue weighted by Crippen LogP contribution is 2.24. The number of likely N-dealkylation sites (N-methyl/N-ethyl adjacent to an activating group) is 2. The minimum Gasteiger partial charge on any atom is -0.351 e. The average molecular weight is 275 g/mol. The van der Waals surface area contributed by atoms with Crippen LogP contribution in [0.5, 0.6) is 0 Å². The molecule has 0 unspecified atom stereocenters. The van der Waals surface area contributed by atoms with E-state index in [4.69, 9.17) is 0 Å². The lowest BCUT2D eigenvalue weighted by molar-refractivity contribution is 0.0948. The molecule has 2 N–H and O–H groups in total. The fourth-order valence-corrected chi connectivity index (χ4v) is 2.36. The number of benzene rings is 1. The van der Waals surface area contributed by atoms with Crippen molar-refractivity contribution >= 4 is 5.91 Å². The van der Waals surface area contributed by atoms with Crippen LogP contribution in [0.1, 0.15) is 28.8 Å². The first-order valence-corrected chi connectivity index (χ1v) is 7.43. The molecule has 4 heteroatoms. The van der Waals surface area contributed by atoms with Crippen LogP contribution >= 0.6 is 0 Å². The SMILES string of the molecule is CNCCc1ccccc1C(=O)NCCN(C)C1CC1. The molecule has 1 aliphatic carbocycles. The fraction of sp³-hybridized carbons (Fsp3) is 0.562. The van der Waals surface area contributed by atoms with Gasteiger partial charge in [0.25, 0.3) is 5.91 Å². The van der Waals surface area contributed by atoms with E-state index in [9.17, 15) is 4.79 Å². The lowest BCUT2D eigenvalue weighted by Crippen LogP contribution is -2.34. The molecule has 2 rings (SSSR count). The van der Waals surface area contributed by atoms with Crippen LogP contribution in [-0.4, -0.2) is 50.6 Å². The predicted octanol–water partition coefficient (Wildman–Crippen LogP) is 1.27. The number of carbonyl (C=O) groups is 1. The third-order valence-corrected chi connectivity index (χ3v) is 3.83. The van der Waals surface area contributed by atoms with E-state index >= 15 is 0 Å². The molecule has 0 saturated heterocycles. The van der Waals surface area contributed by atoms with Crippen molar-refractivity contribution in [2.45, 2.75) is 25.3 Å². The summed E-state index contributed by atoms with van der Waals surface area (Å²) in [7, 11) is 4.06. The zero-order valence-electron chi connectivity index (χ0n) is 12.5. The summed E-state index contributed by atoms with van der Waals surface area (Å²) in [6.45, 7) is 2.52. The Morgan fingerprint density at radius 3 is 2.75 bits per heavy atom. The van der Waals surface area contributed by atoms with Crippen LogP contribution in [0, 0.1) is 0 Å². The minimum atomic E-state index is 0.0425. The van der Waals surface area contributed by atoms with Crippen molar-refractivity contribution in [1.82, 2.24) is 15.5 Å². The van der Waals surface area contributed by atoms with Gasteiger partial charge >= 0.3 is 0 Å². The summed E-state index contributed by atoms with van der Waals surface area (Å²) in [4.78, 5) is 14.6. The zero-order chi connectivity index (χ0) is 14.4. The van der Waals surface area contributed by atoms with Crippen LogP contribution in [0.4, 0.5) is 0 Å². The van der Waals surface area contributed by atoms with Crippen molar-refractivity contribution in [3.8, 4) is 0 Å².